The number of aromatic amines is 1. The van der Waals surface area contributed by atoms with E-state index in [1.165, 1.54) is 11.7 Å². The van der Waals surface area contributed by atoms with Crippen LogP contribution in [0.25, 0.3) is 0 Å². The van der Waals surface area contributed by atoms with Gasteiger partial charge in [0, 0.05) is 7.05 Å². The van der Waals surface area contributed by atoms with Crippen molar-refractivity contribution in [2.45, 2.75) is 9.50 Å². The summed E-state index contributed by atoms with van der Waals surface area (Å²) in [6.45, 7) is 0. The molecule has 0 unspecified atom stereocenters. The number of esters is 1. The number of carbonyl (C=O) groups is 1. The number of rotatable bonds is 3. The molecule has 10 heteroatoms. The standard InChI is InChI=1S/C8H7ClN4O3S2/c1-13-6(15)11-12-7(13)18-8-10-4(9)3(17-8)5(14)16-2/h1-2H3,(H,11,15). The zero-order valence-electron chi connectivity index (χ0n) is 9.26. The van der Waals surface area contributed by atoms with Gasteiger partial charge >= 0.3 is 11.7 Å². The van der Waals surface area contributed by atoms with Crippen LogP contribution in [0.1, 0.15) is 9.67 Å². The highest BCUT2D eigenvalue weighted by molar-refractivity contribution is 8.00. The summed E-state index contributed by atoms with van der Waals surface area (Å²) in [6, 6.07) is 0. The first-order valence-corrected chi connectivity index (χ1v) is 6.58. The minimum atomic E-state index is -0.541. The SMILES string of the molecule is COC(=O)c1sc(Sc2n[nH]c(=O)n2C)nc1Cl. The van der Waals surface area contributed by atoms with Crippen LogP contribution in [0.4, 0.5) is 0 Å². The molecule has 0 bridgehead atoms. The second kappa shape index (κ2) is 5.12. The fourth-order valence-electron chi connectivity index (χ4n) is 1.05. The van der Waals surface area contributed by atoms with E-state index in [2.05, 4.69) is 19.9 Å². The third-order valence-electron chi connectivity index (χ3n) is 1.95. The Morgan fingerprint density at radius 1 is 1.61 bits per heavy atom. The molecule has 0 aromatic carbocycles. The van der Waals surface area contributed by atoms with Crippen LogP contribution in [0.5, 0.6) is 0 Å². The number of ether oxygens (including phenoxy) is 1. The van der Waals surface area contributed by atoms with Gasteiger partial charge in [0.1, 0.15) is 0 Å². The fraction of sp³-hybridized carbons (Fsp3) is 0.250. The maximum Gasteiger partial charge on any atom is 0.351 e. The van der Waals surface area contributed by atoms with Crippen molar-refractivity contribution in [3.63, 3.8) is 0 Å². The molecule has 0 fully saturated rings. The van der Waals surface area contributed by atoms with Crippen LogP contribution in [-0.4, -0.2) is 32.8 Å². The maximum atomic E-state index is 11.3. The van der Waals surface area contributed by atoms with Crippen molar-refractivity contribution in [3.05, 3.63) is 20.5 Å². The van der Waals surface area contributed by atoms with E-state index in [4.69, 9.17) is 11.6 Å². The molecular weight excluding hydrogens is 300 g/mol. The Balaban J connectivity index is 2.28. The van der Waals surface area contributed by atoms with Gasteiger partial charge in [-0.1, -0.05) is 22.9 Å². The van der Waals surface area contributed by atoms with Crippen LogP contribution in [0.15, 0.2) is 14.3 Å². The van der Waals surface area contributed by atoms with Crippen molar-refractivity contribution < 1.29 is 9.53 Å². The third-order valence-corrected chi connectivity index (χ3v) is 4.48. The number of aromatic nitrogens is 4. The van der Waals surface area contributed by atoms with E-state index in [9.17, 15) is 9.59 Å². The fourth-order valence-corrected chi connectivity index (χ4v) is 3.28. The summed E-state index contributed by atoms with van der Waals surface area (Å²) in [5.74, 6) is -0.541. The van der Waals surface area contributed by atoms with Crippen molar-refractivity contribution in [3.8, 4) is 0 Å². The molecule has 7 nitrogen and oxygen atoms in total. The average molecular weight is 307 g/mol. The summed E-state index contributed by atoms with van der Waals surface area (Å²) in [5.41, 5.74) is -0.326. The molecule has 0 saturated heterocycles. The zero-order valence-corrected chi connectivity index (χ0v) is 11.6. The van der Waals surface area contributed by atoms with Gasteiger partial charge < -0.3 is 4.74 Å². The molecule has 0 aliphatic rings. The van der Waals surface area contributed by atoms with E-state index in [0.29, 0.717) is 9.50 Å². The lowest BCUT2D eigenvalue weighted by molar-refractivity contribution is 0.0606. The first kappa shape index (κ1) is 13.1. The Kier molecular flexibility index (Phi) is 3.73. The van der Waals surface area contributed by atoms with Gasteiger partial charge in [0.2, 0.25) is 0 Å². The van der Waals surface area contributed by atoms with Crippen molar-refractivity contribution in [2.24, 2.45) is 7.05 Å². The lowest BCUT2D eigenvalue weighted by Crippen LogP contribution is -2.12. The smallest absolute Gasteiger partial charge is 0.351 e. The number of nitrogens with one attached hydrogen (secondary N) is 1. The number of halogens is 1. The van der Waals surface area contributed by atoms with E-state index in [-0.39, 0.29) is 15.7 Å². The predicted molar refractivity (Wildman–Crippen MR) is 66.4 cm³/mol. The normalized spacial score (nSPS) is 10.6. The predicted octanol–water partition coefficient (Wildman–Crippen LogP) is 1.16. The van der Waals surface area contributed by atoms with Gasteiger partial charge in [0.15, 0.2) is 19.5 Å². The molecular formula is C8H7ClN4O3S2. The molecule has 0 atom stereocenters. The van der Waals surface area contributed by atoms with Crippen LogP contribution in [0.3, 0.4) is 0 Å². The van der Waals surface area contributed by atoms with Gasteiger partial charge in [-0.2, -0.15) is 0 Å². The third kappa shape index (κ3) is 2.42. The number of hydrogen-bond donors (Lipinski definition) is 1. The molecule has 0 spiro atoms. The maximum absolute atomic E-state index is 11.3. The summed E-state index contributed by atoms with van der Waals surface area (Å²) in [5, 5.41) is 6.62. The Labute approximate surface area is 114 Å². The van der Waals surface area contributed by atoms with E-state index in [0.717, 1.165) is 23.1 Å². The minimum Gasteiger partial charge on any atom is -0.465 e. The van der Waals surface area contributed by atoms with E-state index in [1.807, 2.05) is 0 Å². The Hall–Kier alpha value is -1.32. The van der Waals surface area contributed by atoms with Crippen molar-refractivity contribution in [2.75, 3.05) is 7.11 Å². The Morgan fingerprint density at radius 2 is 2.33 bits per heavy atom. The molecule has 0 aliphatic heterocycles. The van der Waals surface area contributed by atoms with Gasteiger partial charge in [0.05, 0.1) is 7.11 Å². The molecule has 2 aromatic heterocycles. The molecule has 0 saturated carbocycles. The molecule has 2 rings (SSSR count). The first-order valence-electron chi connectivity index (χ1n) is 4.56. The highest BCUT2D eigenvalue weighted by Gasteiger charge is 2.19. The molecule has 2 heterocycles. The summed E-state index contributed by atoms with van der Waals surface area (Å²) in [6.07, 6.45) is 0. The van der Waals surface area contributed by atoms with Crippen LogP contribution >= 0.6 is 34.7 Å². The van der Waals surface area contributed by atoms with Gasteiger partial charge in [-0.05, 0) is 11.8 Å². The van der Waals surface area contributed by atoms with Crippen LogP contribution in [0.2, 0.25) is 5.15 Å². The van der Waals surface area contributed by atoms with Crippen LogP contribution < -0.4 is 5.69 Å². The molecule has 18 heavy (non-hydrogen) atoms. The first-order chi connectivity index (χ1) is 8.52. The van der Waals surface area contributed by atoms with Crippen LogP contribution in [-0.2, 0) is 11.8 Å². The summed E-state index contributed by atoms with van der Waals surface area (Å²) >= 11 is 8.03. The van der Waals surface area contributed by atoms with Crippen LogP contribution in [0, 0.1) is 0 Å². The molecule has 1 N–H and O–H groups in total. The summed E-state index contributed by atoms with van der Waals surface area (Å²) in [4.78, 5) is 26.7. The Bertz CT molecular complexity index is 647. The van der Waals surface area contributed by atoms with E-state index < -0.39 is 5.97 Å². The van der Waals surface area contributed by atoms with Crippen molar-refractivity contribution in [1.82, 2.24) is 19.7 Å². The van der Waals surface area contributed by atoms with E-state index in [1.54, 1.807) is 7.05 Å². The number of H-pyrrole nitrogens is 1. The number of methoxy groups -OCH3 is 1. The topological polar surface area (TPSA) is 89.9 Å². The van der Waals surface area contributed by atoms with Gasteiger partial charge in [-0.25, -0.2) is 19.7 Å². The molecule has 0 amide bonds. The van der Waals surface area contributed by atoms with Crippen molar-refractivity contribution >= 4 is 40.7 Å². The quantitative estimate of drug-likeness (QED) is 0.856. The molecule has 0 aliphatic carbocycles. The summed E-state index contributed by atoms with van der Waals surface area (Å²) in [7, 11) is 2.84. The van der Waals surface area contributed by atoms with Gasteiger partial charge in [-0.15, -0.1) is 5.10 Å². The minimum absolute atomic E-state index is 0.0786. The number of thiazole rings is 1. The second-order valence-corrected chi connectivity index (χ2v) is 5.64. The lowest BCUT2D eigenvalue weighted by atomic mass is 10.6. The molecule has 96 valence electrons. The van der Waals surface area contributed by atoms with Gasteiger partial charge in [-0.3, -0.25) is 4.57 Å². The lowest BCUT2D eigenvalue weighted by Gasteiger charge is -1.94. The number of nitrogens with zero attached hydrogens (tertiary/aromatic N) is 3. The van der Waals surface area contributed by atoms with Crippen molar-refractivity contribution in [1.29, 1.82) is 0 Å². The highest BCUT2D eigenvalue weighted by Crippen LogP contribution is 2.33. The Morgan fingerprint density at radius 3 is 2.89 bits per heavy atom. The monoisotopic (exact) mass is 306 g/mol. The second-order valence-electron chi connectivity index (χ2n) is 3.06. The summed E-state index contributed by atoms with van der Waals surface area (Å²) < 4.78 is 6.40. The largest absolute Gasteiger partial charge is 0.465 e. The number of carbonyl (C=O) groups excluding carboxylic acids is 1. The molecule has 2 aromatic rings. The number of hydrogen-bond acceptors (Lipinski definition) is 7. The van der Waals surface area contributed by atoms with E-state index >= 15 is 0 Å². The zero-order chi connectivity index (χ0) is 13.3. The average Bonchev–Trinajstić information content (AvgIpc) is 2.86. The molecule has 0 radical (unpaired) electrons. The highest BCUT2D eigenvalue weighted by atomic mass is 35.5. The van der Waals surface area contributed by atoms with Gasteiger partial charge in [0.25, 0.3) is 0 Å².